The molecule has 3 rings (SSSR count). The predicted octanol–water partition coefficient (Wildman–Crippen LogP) is 5.35. The number of anilines is 2. The van der Waals surface area contributed by atoms with Crippen LogP contribution < -0.4 is 10.0 Å². The molecule has 0 fully saturated rings. The van der Waals surface area contributed by atoms with Gasteiger partial charge in [-0.25, -0.2) is 8.42 Å². The molecule has 0 radical (unpaired) electrons. The van der Waals surface area contributed by atoms with Gasteiger partial charge in [-0.3, -0.25) is 9.52 Å². The van der Waals surface area contributed by atoms with Crippen molar-refractivity contribution in [1.29, 1.82) is 0 Å². The average molecular weight is 435 g/mol. The summed E-state index contributed by atoms with van der Waals surface area (Å²) in [6, 6.07) is 17.7. The average Bonchev–Trinajstić information content (AvgIpc) is 2.66. The van der Waals surface area contributed by atoms with Crippen molar-refractivity contribution in [2.45, 2.75) is 11.8 Å². The zero-order valence-electron chi connectivity index (χ0n) is 14.7. The molecule has 0 heterocycles. The number of carbonyl (C=O) groups excluding carboxylic acids is 1. The Balaban J connectivity index is 1.82. The molecule has 0 spiro atoms. The van der Waals surface area contributed by atoms with Crippen molar-refractivity contribution in [2.75, 3.05) is 10.0 Å². The van der Waals surface area contributed by atoms with E-state index in [0.29, 0.717) is 21.8 Å². The first kappa shape index (κ1) is 20.2. The Morgan fingerprint density at radius 1 is 0.893 bits per heavy atom. The summed E-state index contributed by atoms with van der Waals surface area (Å²) in [5, 5.41) is 3.38. The van der Waals surface area contributed by atoms with Gasteiger partial charge in [0.25, 0.3) is 15.9 Å². The van der Waals surface area contributed by atoms with E-state index in [0.717, 1.165) is 0 Å². The Bertz CT molecular complexity index is 1130. The minimum absolute atomic E-state index is 0.0497. The molecule has 2 N–H and O–H groups in total. The number of amides is 1. The number of halogens is 2. The summed E-state index contributed by atoms with van der Waals surface area (Å²) in [4.78, 5) is 12.3. The molecule has 0 saturated heterocycles. The SMILES string of the molecule is Cc1cc(S(=O)(=O)Nc2ccc(Cl)cc2Cl)ccc1NC(=O)c1ccccc1. The molecule has 0 unspecified atom stereocenters. The van der Waals surface area contributed by atoms with Gasteiger partial charge in [0, 0.05) is 16.3 Å². The highest BCUT2D eigenvalue weighted by atomic mass is 35.5. The van der Waals surface area contributed by atoms with E-state index in [-0.39, 0.29) is 21.5 Å². The summed E-state index contributed by atoms with van der Waals surface area (Å²) < 4.78 is 27.7. The van der Waals surface area contributed by atoms with E-state index < -0.39 is 10.0 Å². The lowest BCUT2D eigenvalue weighted by Gasteiger charge is -2.13. The van der Waals surface area contributed by atoms with Gasteiger partial charge in [-0.05, 0) is 61.0 Å². The molecule has 3 aromatic carbocycles. The first-order valence-corrected chi connectivity index (χ1v) is 10.4. The smallest absolute Gasteiger partial charge is 0.261 e. The van der Waals surface area contributed by atoms with Gasteiger partial charge in [-0.1, -0.05) is 41.4 Å². The van der Waals surface area contributed by atoms with Gasteiger partial charge >= 0.3 is 0 Å². The summed E-state index contributed by atoms with van der Waals surface area (Å²) in [5.74, 6) is -0.273. The van der Waals surface area contributed by atoms with E-state index in [1.807, 2.05) is 6.07 Å². The van der Waals surface area contributed by atoms with E-state index in [1.165, 1.54) is 24.3 Å². The van der Waals surface area contributed by atoms with Gasteiger partial charge in [-0.15, -0.1) is 0 Å². The lowest BCUT2D eigenvalue weighted by molar-refractivity contribution is 0.102. The van der Waals surface area contributed by atoms with Crippen molar-refractivity contribution in [3.05, 3.63) is 87.9 Å². The zero-order chi connectivity index (χ0) is 20.3. The summed E-state index contributed by atoms with van der Waals surface area (Å²) in [7, 11) is -3.86. The highest BCUT2D eigenvalue weighted by Gasteiger charge is 2.17. The molecular formula is C20H16Cl2N2O3S. The van der Waals surface area contributed by atoms with Gasteiger partial charge in [0.15, 0.2) is 0 Å². The molecule has 0 saturated carbocycles. The highest BCUT2D eigenvalue weighted by molar-refractivity contribution is 7.92. The number of carbonyl (C=O) groups is 1. The van der Waals surface area contributed by atoms with Crippen LogP contribution in [0.5, 0.6) is 0 Å². The van der Waals surface area contributed by atoms with Crippen molar-refractivity contribution in [3.63, 3.8) is 0 Å². The van der Waals surface area contributed by atoms with Gasteiger partial charge in [0.05, 0.1) is 15.6 Å². The van der Waals surface area contributed by atoms with Crippen LogP contribution in [-0.2, 0) is 10.0 Å². The van der Waals surface area contributed by atoms with Crippen LogP contribution >= 0.6 is 23.2 Å². The first-order valence-electron chi connectivity index (χ1n) is 8.21. The molecule has 0 bridgehead atoms. The minimum atomic E-state index is -3.86. The largest absolute Gasteiger partial charge is 0.322 e. The Labute approximate surface area is 173 Å². The van der Waals surface area contributed by atoms with E-state index >= 15 is 0 Å². The Kier molecular flexibility index (Phi) is 5.93. The lowest BCUT2D eigenvalue weighted by atomic mass is 10.1. The number of aryl methyl sites for hydroxylation is 1. The standard InChI is InChI=1S/C20H16Cl2N2O3S/c1-13-11-16(28(26,27)24-19-9-7-15(21)12-17(19)22)8-10-18(13)23-20(25)14-5-3-2-4-6-14/h2-12,24H,1H3,(H,23,25). The lowest BCUT2D eigenvalue weighted by Crippen LogP contribution is -2.15. The third kappa shape index (κ3) is 4.65. The fourth-order valence-electron chi connectivity index (χ4n) is 2.50. The van der Waals surface area contributed by atoms with Crippen LogP contribution in [-0.4, -0.2) is 14.3 Å². The molecule has 0 aliphatic heterocycles. The van der Waals surface area contributed by atoms with Crippen LogP contribution in [0.15, 0.2) is 71.6 Å². The Hall–Kier alpha value is -2.54. The van der Waals surface area contributed by atoms with Crippen molar-refractivity contribution in [3.8, 4) is 0 Å². The number of benzene rings is 3. The topological polar surface area (TPSA) is 75.3 Å². The van der Waals surface area contributed by atoms with E-state index in [2.05, 4.69) is 10.0 Å². The van der Waals surface area contributed by atoms with Gasteiger partial charge in [0.1, 0.15) is 0 Å². The Morgan fingerprint density at radius 2 is 1.57 bits per heavy atom. The highest BCUT2D eigenvalue weighted by Crippen LogP contribution is 2.28. The molecule has 5 nitrogen and oxygen atoms in total. The molecular weight excluding hydrogens is 419 g/mol. The van der Waals surface area contributed by atoms with Crippen LogP contribution in [0.2, 0.25) is 10.0 Å². The second-order valence-electron chi connectivity index (χ2n) is 6.03. The molecule has 8 heteroatoms. The summed E-state index contributed by atoms with van der Waals surface area (Å²) in [5.41, 5.74) is 1.87. The first-order chi connectivity index (χ1) is 13.3. The van der Waals surface area contributed by atoms with E-state index in [9.17, 15) is 13.2 Å². The quantitative estimate of drug-likeness (QED) is 0.567. The van der Waals surface area contributed by atoms with Gasteiger partial charge in [-0.2, -0.15) is 0 Å². The number of nitrogens with one attached hydrogen (secondary N) is 2. The number of rotatable bonds is 5. The molecule has 0 aliphatic rings. The maximum atomic E-state index is 12.7. The van der Waals surface area contributed by atoms with Crippen LogP contribution in [0.25, 0.3) is 0 Å². The van der Waals surface area contributed by atoms with Crippen molar-refractivity contribution < 1.29 is 13.2 Å². The zero-order valence-corrected chi connectivity index (χ0v) is 17.1. The van der Waals surface area contributed by atoms with E-state index in [1.54, 1.807) is 43.3 Å². The van der Waals surface area contributed by atoms with Crippen molar-refractivity contribution in [1.82, 2.24) is 0 Å². The predicted molar refractivity (Wildman–Crippen MR) is 113 cm³/mol. The normalized spacial score (nSPS) is 11.1. The monoisotopic (exact) mass is 434 g/mol. The maximum absolute atomic E-state index is 12.7. The number of hydrogen-bond acceptors (Lipinski definition) is 3. The Morgan fingerprint density at radius 3 is 2.21 bits per heavy atom. The van der Waals surface area contributed by atoms with Gasteiger partial charge < -0.3 is 5.32 Å². The summed E-state index contributed by atoms with van der Waals surface area (Å²) >= 11 is 11.9. The summed E-state index contributed by atoms with van der Waals surface area (Å²) in [6.45, 7) is 1.72. The third-order valence-corrected chi connectivity index (χ3v) is 5.88. The fourth-order valence-corrected chi connectivity index (χ4v) is 4.18. The molecule has 144 valence electrons. The van der Waals surface area contributed by atoms with Gasteiger partial charge in [0.2, 0.25) is 0 Å². The molecule has 28 heavy (non-hydrogen) atoms. The second-order valence-corrected chi connectivity index (χ2v) is 8.55. The molecule has 1 amide bonds. The number of hydrogen-bond donors (Lipinski definition) is 2. The minimum Gasteiger partial charge on any atom is -0.322 e. The second kappa shape index (κ2) is 8.22. The number of sulfonamides is 1. The maximum Gasteiger partial charge on any atom is 0.261 e. The van der Waals surface area contributed by atoms with E-state index in [4.69, 9.17) is 23.2 Å². The van der Waals surface area contributed by atoms with Crippen molar-refractivity contribution in [2.24, 2.45) is 0 Å². The molecule has 0 aromatic heterocycles. The molecule has 3 aromatic rings. The molecule has 0 atom stereocenters. The summed E-state index contributed by atoms with van der Waals surface area (Å²) in [6.07, 6.45) is 0. The third-order valence-electron chi connectivity index (χ3n) is 3.97. The van der Waals surface area contributed by atoms with Crippen LogP contribution in [0.4, 0.5) is 11.4 Å². The van der Waals surface area contributed by atoms with Crippen LogP contribution in [0.3, 0.4) is 0 Å². The molecule has 0 aliphatic carbocycles. The van der Waals surface area contributed by atoms with Crippen molar-refractivity contribution >= 4 is 50.5 Å². The van der Waals surface area contributed by atoms with Crippen LogP contribution in [0.1, 0.15) is 15.9 Å². The van der Waals surface area contributed by atoms with Crippen LogP contribution in [0, 0.1) is 6.92 Å². The fraction of sp³-hybridized carbons (Fsp3) is 0.0500.